The number of carboxylic acid groups (broad SMARTS) is 1. The Balaban J connectivity index is 1.93. The SMILES string of the molecule is CC(C)C[C@@H](NC(=O)c1ccc(OC2CCOCC2)cc1)C(=O)O. The third kappa shape index (κ3) is 5.53. The molecule has 6 heteroatoms. The first-order valence-electron chi connectivity index (χ1n) is 8.34. The Morgan fingerprint density at radius 3 is 2.42 bits per heavy atom. The van der Waals surface area contributed by atoms with Crippen molar-refractivity contribution in [2.24, 2.45) is 5.92 Å². The molecule has 0 saturated carbocycles. The molecule has 132 valence electrons. The van der Waals surface area contributed by atoms with Crippen LogP contribution in [-0.2, 0) is 9.53 Å². The van der Waals surface area contributed by atoms with Crippen molar-refractivity contribution < 1.29 is 24.2 Å². The van der Waals surface area contributed by atoms with Gasteiger partial charge in [0.25, 0.3) is 5.91 Å². The Morgan fingerprint density at radius 2 is 1.88 bits per heavy atom. The van der Waals surface area contributed by atoms with Crippen LogP contribution in [0.1, 0.15) is 43.5 Å². The van der Waals surface area contributed by atoms with E-state index < -0.39 is 12.0 Å². The first-order valence-corrected chi connectivity index (χ1v) is 8.34. The van der Waals surface area contributed by atoms with Crippen molar-refractivity contribution in [1.82, 2.24) is 5.32 Å². The summed E-state index contributed by atoms with van der Waals surface area (Å²) in [6, 6.07) is 5.90. The van der Waals surface area contributed by atoms with E-state index in [1.54, 1.807) is 24.3 Å². The first kappa shape index (κ1) is 18.3. The molecular formula is C18H25NO5. The first-order chi connectivity index (χ1) is 11.5. The molecule has 24 heavy (non-hydrogen) atoms. The van der Waals surface area contributed by atoms with Crippen molar-refractivity contribution in [2.45, 2.75) is 45.3 Å². The van der Waals surface area contributed by atoms with Gasteiger partial charge in [-0.2, -0.15) is 0 Å². The maximum Gasteiger partial charge on any atom is 0.326 e. The van der Waals surface area contributed by atoms with Crippen LogP contribution < -0.4 is 10.1 Å². The van der Waals surface area contributed by atoms with Gasteiger partial charge < -0.3 is 19.9 Å². The summed E-state index contributed by atoms with van der Waals surface area (Å²) in [5.74, 6) is -0.519. The zero-order valence-corrected chi connectivity index (χ0v) is 14.2. The van der Waals surface area contributed by atoms with Gasteiger partial charge >= 0.3 is 5.97 Å². The largest absolute Gasteiger partial charge is 0.490 e. The molecule has 6 nitrogen and oxygen atoms in total. The molecule has 1 aromatic rings. The predicted molar refractivity (Wildman–Crippen MR) is 89.3 cm³/mol. The van der Waals surface area contributed by atoms with E-state index in [2.05, 4.69) is 5.32 Å². The van der Waals surface area contributed by atoms with E-state index in [1.807, 2.05) is 13.8 Å². The van der Waals surface area contributed by atoms with E-state index >= 15 is 0 Å². The van der Waals surface area contributed by atoms with E-state index in [0.717, 1.165) is 12.8 Å². The number of carboxylic acids is 1. The van der Waals surface area contributed by atoms with Gasteiger partial charge in [-0.05, 0) is 36.6 Å². The molecule has 0 unspecified atom stereocenters. The zero-order chi connectivity index (χ0) is 17.5. The van der Waals surface area contributed by atoms with Crippen molar-refractivity contribution >= 4 is 11.9 Å². The van der Waals surface area contributed by atoms with Gasteiger partial charge in [0.05, 0.1) is 13.2 Å². The minimum absolute atomic E-state index is 0.140. The van der Waals surface area contributed by atoms with Gasteiger partial charge in [0, 0.05) is 18.4 Å². The maximum atomic E-state index is 12.2. The average molecular weight is 335 g/mol. The Kier molecular flexibility index (Phi) is 6.61. The summed E-state index contributed by atoms with van der Waals surface area (Å²) in [5.41, 5.74) is 0.421. The fourth-order valence-electron chi connectivity index (χ4n) is 2.61. The van der Waals surface area contributed by atoms with Crippen molar-refractivity contribution in [2.75, 3.05) is 13.2 Å². The fraction of sp³-hybridized carbons (Fsp3) is 0.556. The number of hydrogen-bond acceptors (Lipinski definition) is 4. The fourth-order valence-corrected chi connectivity index (χ4v) is 2.61. The minimum Gasteiger partial charge on any atom is -0.490 e. The summed E-state index contributed by atoms with van der Waals surface area (Å²) in [7, 11) is 0. The van der Waals surface area contributed by atoms with Gasteiger partial charge in [0.2, 0.25) is 0 Å². The molecule has 2 rings (SSSR count). The lowest BCUT2D eigenvalue weighted by Crippen LogP contribution is -2.41. The third-order valence-electron chi connectivity index (χ3n) is 3.90. The van der Waals surface area contributed by atoms with E-state index in [1.165, 1.54) is 0 Å². The Morgan fingerprint density at radius 1 is 1.25 bits per heavy atom. The number of hydrogen-bond donors (Lipinski definition) is 2. The van der Waals surface area contributed by atoms with Crippen LogP contribution in [0.25, 0.3) is 0 Å². The van der Waals surface area contributed by atoms with Crippen molar-refractivity contribution in [3.05, 3.63) is 29.8 Å². The molecule has 1 saturated heterocycles. The monoisotopic (exact) mass is 335 g/mol. The molecule has 2 N–H and O–H groups in total. The number of benzene rings is 1. The number of rotatable bonds is 7. The van der Waals surface area contributed by atoms with Crippen LogP contribution in [0.4, 0.5) is 0 Å². The summed E-state index contributed by atoms with van der Waals surface area (Å²) in [5, 5.41) is 11.8. The second-order valence-corrected chi connectivity index (χ2v) is 6.45. The molecule has 1 atom stereocenters. The third-order valence-corrected chi connectivity index (χ3v) is 3.90. The number of amides is 1. The van der Waals surface area contributed by atoms with Crippen molar-refractivity contribution in [3.8, 4) is 5.75 Å². The lowest BCUT2D eigenvalue weighted by atomic mass is 10.0. The quantitative estimate of drug-likeness (QED) is 0.799. The molecule has 1 aromatic carbocycles. The van der Waals surface area contributed by atoms with Crippen LogP contribution in [0.5, 0.6) is 5.75 Å². The summed E-state index contributed by atoms with van der Waals surface area (Å²) >= 11 is 0. The average Bonchev–Trinajstić information content (AvgIpc) is 2.55. The highest BCUT2D eigenvalue weighted by Crippen LogP contribution is 2.18. The van der Waals surface area contributed by atoms with Crippen LogP contribution in [0.3, 0.4) is 0 Å². The Bertz CT molecular complexity index is 549. The number of carbonyl (C=O) groups excluding carboxylic acids is 1. The summed E-state index contributed by atoms with van der Waals surface area (Å²) < 4.78 is 11.1. The second kappa shape index (κ2) is 8.68. The van der Waals surface area contributed by atoms with Crippen LogP contribution >= 0.6 is 0 Å². The molecule has 0 radical (unpaired) electrons. The van der Waals surface area contributed by atoms with Gasteiger partial charge in [-0.1, -0.05) is 13.8 Å². The van der Waals surface area contributed by atoms with Crippen LogP contribution in [-0.4, -0.2) is 42.3 Å². The highest BCUT2D eigenvalue weighted by Gasteiger charge is 2.22. The number of ether oxygens (including phenoxy) is 2. The molecule has 1 aliphatic heterocycles. The smallest absolute Gasteiger partial charge is 0.326 e. The van der Waals surface area contributed by atoms with E-state index in [9.17, 15) is 14.7 Å². The van der Waals surface area contributed by atoms with Gasteiger partial charge in [-0.15, -0.1) is 0 Å². The summed E-state index contributed by atoms with van der Waals surface area (Å²) in [4.78, 5) is 23.4. The van der Waals surface area contributed by atoms with Gasteiger partial charge in [0.15, 0.2) is 0 Å². The molecule has 1 fully saturated rings. The molecule has 0 spiro atoms. The minimum atomic E-state index is -1.02. The molecule has 0 bridgehead atoms. The lowest BCUT2D eigenvalue weighted by molar-refractivity contribution is -0.139. The van der Waals surface area contributed by atoms with Gasteiger partial charge in [0.1, 0.15) is 17.9 Å². The number of aliphatic carboxylic acids is 1. The molecule has 1 heterocycles. The highest BCUT2D eigenvalue weighted by atomic mass is 16.5. The van der Waals surface area contributed by atoms with Crippen molar-refractivity contribution in [1.29, 1.82) is 0 Å². The maximum absolute atomic E-state index is 12.2. The number of nitrogens with one attached hydrogen (secondary N) is 1. The normalized spacial score (nSPS) is 16.6. The van der Waals surface area contributed by atoms with Gasteiger partial charge in [-0.3, -0.25) is 4.79 Å². The van der Waals surface area contributed by atoms with E-state index in [-0.39, 0.29) is 17.9 Å². The van der Waals surface area contributed by atoms with Crippen LogP contribution in [0.15, 0.2) is 24.3 Å². The Hall–Kier alpha value is -2.08. The summed E-state index contributed by atoms with van der Waals surface area (Å²) in [6.45, 7) is 5.25. The second-order valence-electron chi connectivity index (χ2n) is 6.45. The van der Waals surface area contributed by atoms with E-state index in [0.29, 0.717) is 30.9 Å². The highest BCUT2D eigenvalue weighted by molar-refractivity contribution is 5.96. The predicted octanol–water partition coefficient (Wildman–Crippen LogP) is 2.47. The van der Waals surface area contributed by atoms with E-state index in [4.69, 9.17) is 9.47 Å². The molecular weight excluding hydrogens is 310 g/mol. The lowest BCUT2D eigenvalue weighted by Gasteiger charge is -2.23. The topological polar surface area (TPSA) is 84.9 Å². The van der Waals surface area contributed by atoms with Crippen molar-refractivity contribution in [3.63, 3.8) is 0 Å². The molecule has 1 aliphatic rings. The molecule has 0 aliphatic carbocycles. The van der Waals surface area contributed by atoms with Gasteiger partial charge in [-0.25, -0.2) is 4.79 Å². The molecule has 1 amide bonds. The van der Waals surface area contributed by atoms with Crippen LogP contribution in [0, 0.1) is 5.92 Å². The number of carbonyl (C=O) groups is 2. The zero-order valence-electron chi connectivity index (χ0n) is 14.2. The Labute approximate surface area is 142 Å². The standard InChI is InChI=1S/C18H25NO5/c1-12(2)11-16(18(21)22)19-17(20)13-3-5-14(6-4-13)24-15-7-9-23-10-8-15/h3-6,12,15-16H,7-11H2,1-2H3,(H,19,20)(H,21,22)/t16-/m1/s1. The van der Waals surface area contributed by atoms with Crippen LogP contribution in [0.2, 0.25) is 0 Å². The summed E-state index contributed by atoms with van der Waals surface area (Å²) in [6.07, 6.45) is 2.25. The molecule has 0 aromatic heterocycles.